The molecule has 8 heteroatoms. The molecule has 1 aliphatic heterocycles. The average molecular weight is 258 g/mol. The molecule has 1 saturated heterocycles. The van der Waals surface area contributed by atoms with E-state index >= 15 is 0 Å². The number of nitro groups is 1. The number of cyclic esters (lactones) is 1. The van der Waals surface area contributed by atoms with E-state index in [2.05, 4.69) is 4.74 Å². The standard InChI is InChI=1S/C10H8F2N2O4/c11-10(12)5-18-9(15)13-8(10)6-3-1-2-4-7(6)14(16)17/h1-4,8H,5H2,(H,13,15)/t8-/m0/s1. The summed E-state index contributed by atoms with van der Waals surface area (Å²) in [6, 6.07) is 3.27. The van der Waals surface area contributed by atoms with E-state index in [-0.39, 0.29) is 5.56 Å². The second-order valence-corrected chi connectivity index (χ2v) is 3.73. The number of alkyl carbamates (subject to hydrolysis) is 1. The van der Waals surface area contributed by atoms with Crippen molar-refractivity contribution >= 4 is 11.8 Å². The van der Waals surface area contributed by atoms with Gasteiger partial charge < -0.3 is 10.1 Å². The monoisotopic (exact) mass is 258 g/mol. The van der Waals surface area contributed by atoms with Crippen molar-refractivity contribution in [2.24, 2.45) is 0 Å². The third kappa shape index (κ3) is 2.08. The van der Waals surface area contributed by atoms with E-state index in [1.807, 2.05) is 5.32 Å². The molecular weight excluding hydrogens is 250 g/mol. The molecule has 1 fully saturated rings. The number of hydrogen-bond acceptors (Lipinski definition) is 4. The largest absolute Gasteiger partial charge is 0.443 e. The fraction of sp³-hybridized carbons (Fsp3) is 0.300. The first-order valence-electron chi connectivity index (χ1n) is 4.96. The van der Waals surface area contributed by atoms with Crippen molar-refractivity contribution in [3.05, 3.63) is 39.9 Å². The predicted molar refractivity (Wildman–Crippen MR) is 55.3 cm³/mol. The smallest absolute Gasteiger partial charge is 0.408 e. The molecular formula is C10H8F2N2O4. The van der Waals surface area contributed by atoms with E-state index in [4.69, 9.17) is 0 Å². The summed E-state index contributed by atoms with van der Waals surface area (Å²) in [5.74, 6) is -3.40. The Bertz CT molecular complexity index is 506. The molecule has 0 aromatic heterocycles. The molecule has 0 unspecified atom stereocenters. The number of ether oxygens (including phenoxy) is 1. The maximum atomic E-state index is 13.6. The Hall–Kier alpha value is -2.25. The summed E-state index contributed by atoms with van der Waals surface area (Å²) in [6.45, 7) is -1.10. The second-order valence-electron chi connectivity index (χ2n) is 3.73. The molecule has 1 heterocycles. The zero-order valence-corrected chi connectivity index (χ0v) is 8.93. The van der Waals surface area contributed by atoms with Gasteiger partial charge in [0.2, 0.25) is 0 Å². The minimum absolute atomic E-state index is 0.246. The first-order chi connectivity index (χ1) is 8.42. The van der Waals surface area contributed by atoms with Crippen LogP contribution >= 0.6 is 0 Å². The number of carbonyl (C=O) groups excluding carboxylic acids is 1. The van der Waals surface area contributed by atoms with Crippen LogP contribution in [0.1, 0.15) is 11.6 Å². The topological polar surface area (TPSA) is 81.5 Å². The van der Waals surface area contributed by atoms with Gasteiger partial charge in [0, 0.05) is 6.07 Å². The van der Waals surface area contributed by atoms with Gasteiger partial charge in [-0.1, -0.05) is 12.1 Å². The Balaban J connectivity index is 2.46. The molecule has 1 aliphatic rings. The van der Waals surface area contributed by atoms with Crippen molar-refractivity contribution < 1.29 is 23.2 Å². The molecule has 1 N–H and O–H groups in total. The summed E-state index contributed by atoms with van der Waals surface area (Å²) < 4.78 is 31.4. The Morgan fingerprint density at radius 1 is 1.44 bits per heavy atom. The summed E-state index contributed by atoms with van der Waals surface area (Å²) in [6.07, 6.45) is -1.02. The lowest BCUT2D eigenvalue weighted by Crippen LogP contribution is -2.49. The number of nitro benzene ring substituents is 1. The maximum Gasteiger partial charge on any atom is 0.408 e. The van der Waals surface area contributed by atoms with Gasteiger partial charge in [-0.25, -0.2) is 13.6 Å². The van der Waals surface area contributed by atoms with E-state index in [1.165, 1.54) is 18.2 Å². The Morgan fingerprint density at radius 3 is 2.78 bits per heavy atom. The molecule has 0 spiro atoms. The van der Waals surface area contributed by atoms with Crippen LogP contribution in [-0.2, 0) is 4.74 Å². The number of carbonyl (C=O) groups is 1. The zero-order chi connectivity index (χ0) is 13.3. The fourth-order valence-electron chi connectivity index (χ4n) is 1.71. The lowest BCUT2D eigenvalue weighted by Gasteiger charge is -2.31. The molecule has 96 valence electrons. The number of nitrogens with zero attached hydrogens (tertiary/aromatic N) is 1. The van der Waals surface area contributed by atoms with Gasteiger partial charge >= 0.3 is 12.0 Å². The molecule has 18 heavy (non-hydrogen) atoms. The summed E-state index contributed by atoms with van der Waals surface area (Å²) in [5.41, 5.74) is -0.714. The molecule has 6 nitrogen and oxygen atoms in total. The van der Waals surface area contributed by atoms with E-state index in [0.717, 1.165) is 6.07 Å². The highest BCUT2D eigenvalue weighted by Crippen LogP contribution is 2.38. The van der Waals surface area contributed by atoms with Crippen molar-refractivity contribution in [2.75, 3.05) is 6.61 Å². The van der Waals surface area contributed by atoms with Gasteiger partial charge in [-0.15, -0.1) is 0 Å². The quantitative estimate of drug-likeness (QED) is 0.649. The van der Waals surface area contributed by atoms with Crippen LogP contribution in [0.2, 0.25) is 0 Å². The minimum Gasteiger partial charge on any atom is -0.443 e. The number of halogens is 2. The Labute approximate surface area is 99.7 Å². The first-order valence-corrected chi connectivity index (χ1v) is 4.96. The Kier molecular flexibility index (Phi) is 2.85. The van der Waals surface area contributed by atoms with Crippen LogP contribution in [-0.4, -0.2) is 23.5 Å². The third-order valence-electron chi connectivity index (χ3n) is 2.52. The van der Waals surface area contributed by atoms with Crippen LogP contribution in [0.25, 0.3) is 0 Å². The first kappa shape index (κ1) is 12.2. The highest BCUT2D eigenvalue weighted by molar-refractivity contribution is 5.69. The number of alkyl halides is 2. The summed E-state index contributed by atoms with van der Waals surface area (Å²) in [5, 5.41) is 12.7. The molecule has 1 amide bonds. The van der Waals surface area contributed by atoms with E-state index < -0.39 is 35.3 Å². The fourth-order valence-corrected chi connectivity index (χ4v) is 1.71. The van der Waals surface area contributed by atoms with E-state index in [0.29, 0.717) is 0 Å². The van der Waals surface area contributed by atoms with E-state index in [1.54, 1.807) is 0 Å². The zero-order valence-electron chi connectivity index (χ0n) is 8.93. The van der Waals surface area contributed by atoms with Crippen LogP contribution in [0.15, 0.2) is 24.3 Å². The van der Waals surface area contributed by atoms with Gasteiger partial charge in [0.15, 0.2) is 6.61 Å². The summed E-state index contributed by atoms with van der Waals surface area (Å²) in [7, 11) is 0. The number of nitrogens with one attached hydrogen (secondary N) is 1. The third-order valence-corrected chi connectivity index (χ3v) is 2.52. The molecule has 1 atom stereocenters. The maximum absolute atomic E-state index is 13.6. The normalized spacial score (nSPS) is 21.9. The number of hydrogen-bond donors (Lipinski definition) is 1. The molecule has 0 bridgehead atoms. The molecule has 0 aliphatic carbocycles. The van der Waals surface area contributed by atoms with Crippen LogP contribution in [0.5, 0.6) is 0 Å². The van der Waals surface area contributed by atoms with Crippen LogP contribution in [0, 0.1) is 10.1 Å². The lowest BCUT2D eigenvalue weighted by molar-refractivity contribution is -0.386. The Morgan fingerprint density at radius 2 is 2.11 bits per heavy atom. The molecule has 0 saturated carbocycles. The van der Waals surface area contributed by atoms with Crippen molar-refractivity contribution in [1.82, 2.24) is 5.32 Å². The lowest BCUT2D eigenvalue weighted by atomic mass is 9.98. The van der Waals surface area contributed by atoms with Crippen molar-refractivity contribution in [1.29, 1.82) is 0 Å². The molecule has 0 radical (unpaired) electrons. The molecule has 1 aromatic carbocycles. The average Bonchev–Trinajstić information content (AvgIpc) is 2.32. The van der Waals surface area contributed by atoms with Gasteiger partial charge in [0.25, 0.3) is 5.69 Å². The highest BCUT2D eigenvalue weighted by atomic mass is 19.3. The predicted octanol–water partition coefficient (Wildman–Crippen LogP) is 2.01. The second kappa shape index (κ2) is 4.21. The SMILES string of the molecule is O=C1N[C@@H](c2ccccc2[N+](=O)[O-])C(F)(F)CO1. The van der Waals surface area contributed by atoms with Crippen LogP contribution in [0.4, 0.5) is 19.3 Å². The number of para-hydroxylation sites is 1. The van der Waals surface area contributed by atoms with Gasteiger partial charge in [-0.3, -0.25) is 10.1 Å². The summed E-state index contributed by atoms with van der Waals surface area (Å²) in [4.78, 5) is 21.0. The summed E-state index contributed by atoms with van der Waals surface area (Å²) >= 11 is 0. The molecule has 2 rings (SSSR count). The van der Waals surface area contributed by atoms with Gasteiger partial charge in [0.05, 0.1) is 10.5 Å². The van der Waals surface area contributed by atoms with Gasteiger partial charge in [0.1, 0.15) is 6.04 Å². The van der Waals surface area contributed by atoms with E-state index in [9.17, 15) is 23.7 Å². The van der Waals surface area contributed by atoms with Crippen LogP contribution < -0.4 is 5.32 Å². The van der Waals surface area contributed by atoms with Gasteiger partial charge in [-0.2, -0.15) is 0 Å². The molecule has 1 aromatic rings. The van der Waals surface area contributed by atoms with Gasteiger partial charge in [-0.05, 0) is 6.07 Å². The minimum atomic E-state index is -3.40. The van der Waals surface area contributed by atoms with Crippen molar-refractivity contribution in [3.63, 3.8) is 0 Å². The number of benzene rings is 1. The number of rotatable bonds is 2. The van der Waals surface area contributed by atoms with Crippen molar-refractivity contribution in [2.45, 2.75) is 12.0 Å². The van der Waals surface area contributed by atoms with Crippen LogP contribution in [0.3, 0.4) is 0 Å². The number of amides is 1. The highest BCUT2D eigenvalue weighted by Gasteiger charge is 2.48. The van der Waals surface area contributed by atoms with Crippen molar-refractivity contribution in [3.8, 4) is 0 Å².